The number of benzene rings is 1. The molecule has 108 valence electrons. The summed E-state index contributed by atoms with van der Waals surface area (Å²) in [5.74, 6) is 2.06. The Morgan fingerprint density at radius 1 is 1.35 bits per heavy atom. The van der Waals surface area contributed by atoms with Gasteiger partial charge in [0, 0.05) is 30.1 Å². The minimum absolute atomic E-state index is 0.0114. The lowest BCUT2D eigenvalue weighted by Crippen LogP contribution is -2.48. The molecule has 0 aliphatic carbocycles. The molecule has 2 aliphatic heterocycles. The van der Waals surface area contributed by atoms with Crippen LogP contribution in [0.4, 0.5) is 0 Å². The van der Waals surface area contributed by atoms with Crippen LogP contribution in [0.3, 0.4) is 0 Å². The molecule has 1 aromatic rings. The average molecular weight is 290 g/mol. The molecular formula is C16H22N2OS. The second-order valence-corrected chi connectivity index (χ2v) is 7.33. The molecule has 3 rings (SSSR count). The number of hydrogen-bond acceptors (Lipinski definition) is 3. The summed E-state index contributed by atoms with van der Waals surface area (Å²) in [7, 11) is 0. The van der Waals surface area contributed by atoms with Crippen LogP contribution in [0.25, 0.3) is 0 Å². The van der Waals surface area contributed by atoms with Gasteiger partial charge in [-0.25, -0.2) is 0 Å². The Hall–Kier alpha value is -1.00. The Morgan fingerprint density at radius 3 is 2.80 bits per heavy atom. The predicted molar refractivity (Wildman–Crippen MR) is 82.8 cm³/mol. The quantitative estimate of drug-likeness (QED) is 0.867. The van der Waals surface area contributed by atoms with Gasteiger partial charge in [0.05, 0.1) is 5.75 Å². The highest BCUT2D eigenvalue weighted by Crippen LogP contribution is 2.40. The highest BCUT2D eigenvalue weighted by molar-refractivity contribution is 8.00. The third-order valence-electron chi connectivity index (χ3n) is 4.77. The van der Waals surface area contributed by atoms with Crippen LogP contribution in [-0.2, 0) is 4.79 Å². The zero-order chi connectivity index (χ0) is 14.2. The largest absolute Gasteiger partial charge is 0.336 e. The van der Waals surface area contributed by atoms with Crippen molar-refractivity contribution in [2.24, 2.45) is 11.8 Å². The average Bonchev–Trinajstić information content (AvgIpc) is 3.00. The SMILES string of the molecule is CC1(C)C2CNCC2CN1C(=O)CSc1ccccc1. The maximum atomic E-state index is 12.6. The lowest BCUT2D eigenvalue weighted by molar-refractivity contribution is -0.132. The van der Waals surface area contributed by atoms with Crippen LogP contribution in [-0.4, -0.2) is 41.7 Å². The summed E-state index contributed by atoms with van der Waals surface area (Å²) >= 11 is 1.64. The molecule has 20 heavy (non-hydrogen) atoms. The maximum absolute atomic E-state index is 12.6. The van der Waals surface area contributed by atoms with Crippen LogP contribution in [0.15, 0.2) is 35.2 Å². The first-order valence-electron chi connectivity index (χ1n) is 7.28. The lowest BCUT2D eigenvalue weighted by atomic mass is 9.85. The molecule has 1 N–H and O–H groups in total. The molecule has 2 fully saturated rings. The van der Waals surface area contributed by atoms with E-state index in [2.05, 4.69) is 36.2 Å². The van der Waals surface area contributed by atoms with Crippen LogP contribution < -0.4 is 5.32 Å². The Balaban J connectivity index is 1.63. The van der Waals surface area contributed by atoms with Crippen molar-refractivity contribution in [3.63, 3.8) is 0 Å². The first-order valence-corrected chi connectivity index (χ1v) is 8.26. The molecule has 2 saturated heterocycles. The van der Waals surface area contributed by atoms with Crippen molar-refractivity contribution in [2.45, 2.75) is 24.3 Å². The van der Waals surface area contributed by atoms with Crippen molar-refractivity contribution in [1.82, 2.24) is 10.2 Å². The first-order chi connectivity index (χ1) is 9.59. The molecule has 1 amide bonds. The number of nitrogens with one attached hydrogen (secondary N) is 1. The van der Waals surface area contributed by atoms with Gasteiger partial charge < -0.3 is 10.2 Å². The summed E-state index contributed by atoms with van der Waals surface area (Å²) in [5.41, 5.74) is -0.0114. The molecule has 1 aromatic carbocycles. The van der Waals surface area contributed by atoms with E-state index >= 15 is 0 Å². The molecule has 0 saturated carbocycles. The number of hydrogen-bond donors (Lipinski definition) is 1. The molecule has 2 atom stereocenters. The number of rotatable bonds is 3. The van der Waals surface area contributed by atoms with Crippen molar-refractivity contribution in [2.75, 3.05) is 25.4 Å². The van der Waals surface area contributed by atoms with Gasteiger partial charge in [0.2, 0.25) is 5.91 Å². The fourth-order valence-corrected chi connectivity index (χ4v) is 4.38. The number of carbonyl (C=O) groups is 1. The second kappa shape index (κ2) is 5.41. The molecular weight excluding hydrogens is 268 g/mol. The van der Waals surface area contributed by atoms with Crippen LogP contribution in [0.5, 0.6) is 0 Å². The fraction of sp³-hybridized carbons (Fsp3) is 0.562. The number of amides is 1. The molecule has 2 unspecified atom stereocenters. The summed E-state index contributed by atoms with van der Waals surface area (Å²) in [6.07, 6.45) is 0. The van der Waals surface area contributed by atoms with E-state index in [1.54, 1.807) is 11.8 Å². The van der Waals surface area contributed by atoms with Crippen molar-refractivity contribution in [1.29, 1.82) is 0 Å². The Morgan fingerprint density at radius 2 is 2.10 bits per heavy atom. The van der Waals surface area contributed by atoms with E-state index in [4.69, 9.17) is 0 Å². The van der Waals surface area contributed by atoms with Crippen LogP contribution >= 0.6 is 11.8 Å². The van der Waals surface area contributed by atoms with E-state index in [1.165, 1.54) is 4.90 Å². The van der Waals surface area contributed by atoms with Gasteiger partial charge >= 0.3 is 0 Å². The van der Waals surface area contributed by atoms with E-state index in [1.807, 2.05) is 18.2 Å². The first kappa shape index (κ1) is 14.0. The molecule has 2 aliphatic rings. The third kappa shape index (κ3) is 2.47. The number of fused-ring (bicyclic) bond motifs is 1. The highest BCUT2D eigenvalue weighted by atomic mass is 32.2. The number of nitrogens with zero attached hydrogens (tertiary/aromatic N) is 1. The van der Waals surface area contributed by atoms with Gasteiger partial charge in [-0.1, -0.05) is 18.2 Å². The molecule has 0 spiro atoms. The predicted octanol–water partition coefficient (Wildman–Crippen LogP) is 2.24. The molecule has 0 bridgehead atoms. The van der Waals surface area contributed by atoms with E-state index in [0.29, 0.717) is 17.6 Å². The normalized spacial score (nSPS) is 27.6. The maximum Gasteiger partial charge on any atom is 0.233 e. The van der Waals surface area contributed by atoms with Crippen molar-refractivity contribution >= 4 is 17.7 Å². The standard InChI is InChI=1S/C16H22N2OS/c1-16(2)14-9-17-8-12(14)10-18(16)15(19)11-20-13-6-4-3-5-7-13/h3-7,12,14,17H,8-11H2,1-2H3. The topological polar surface area (TPSA) is 32.3 Å². The van der Waals surface area contributed by atoms with Gasteiger partial charge in [-0.3, -0.25) is 4.79 Å². The lowest BCUT2D eigenvalue weighted by Gasteiger charge is -2.35. The number of carbonyl (C=O) groups excluding carboxylic acids is 1. The molecule has 0 radical (unpaired) electrons. The van der Waals surface area contributed by atoms with E-state index in [9.17, 15) is 4.79 Å². The molecule has 3 nitrogen and oxygen atoms in total. The monoisotopic (exact) mass is 290 g/mol. The van der Waals surface area contributed by atoms with E-state index < -0.39 is 0 Å². The summed E-state index contributed by atoms with van der Waals surface area (Å²) < 4.78 is 0. The van der Waals surface area contributed by atoms with Crippen LogP contribution in [0.1, 0.15) is 13.8 Å². The Labute approximate surface area is 125 Å². The van der Waals surface area contributed by atoms with Gasteiger partial charge in [0.25, 0.3) is 0 Å². The zero-order valence-corrected chi connectivity index (χ0v) is 13.0. The van der Waals surface area contributed by atoms with Gasteiger partial charge in [-0.15, -0.1) is 11.8 Å². The van der Waals surface area contributed by atoms with Crippen LogP contribution in [0.2, 0.25) is 0 Å². The summed E-state index contributed by atoms with van der Waals surface area (Å²) in [4.78, 5) is 15.8. The fourth-order valence-electron chi connectivity index (χ4n) is 3.58. The van der Waals surface area contributed by atoms with Crippen LogP contribution in [0, 0.1) is 11.8 Å². The van der Waals surface area contributed by atoms with Gasteiger partial charge in [-0.2, -0.15) is 0 Å². The number of likely N-dealkylation sites (tertiary alicyclic amines) is 1. The molecule has 2 heterocycles. The summed E-state index contributed by atoms with van der Waals surface area (Å²) in [6, 6.07) is 10.2. The molecule has 0 aromatic heterocycles. The third-order valence-corrected chi connectivity index (χ3v) is 5.76. The van der Waals surface area contributed by atoms with E-state index in [-0.39, 0.29) is 11.4 Å². The van der Waals surface area contributed by atoms with Crippen molar-refractivity contribution in [3.05, 3.63) is 30.3 Å². The van der Waals surface area contributed by atoms with Crippen molar-refractivity contribution < 1.29 is 4.79 Å². The second-order valence-electron chi connectivity index (χ2n) is 6.28. The molecule has 4 heteroatoms. The van der Waals surface area contributed by atoms with Gasteiger partial charge in [0.1, 0.15) is 0 Å². The minimum Gasteiger partial charge on any atom is -0.336 e. The highest BCUT2D eigenvalue weighted by Gasteiger charge is 2.50. The smallest absolute Gasteiger partial charge is 0.233 e. The zero-order valence-electron chi connectivity index (χ0n) is 12.1. The van der Waals surface area contributed by atoms with E-state index in [0.717, 1.165) is 19.6 Å². The van der Waals surface area contributed by atoms with Gasteiger partial charge in [0.15, 0.2) is 0 Å². The Kier molecular flexibility index (Phi) is 3.78. The van der Waals surface area contributed by atoms with Crippen molar-refractivity contribution in [3.8, 4) is 0 Å². The number of thioether (sulfide) groups is 1. The Bertz CT molecular complexity index is 489. The van der Waals surface area contributed by atoms with Gasteiger partial charge in [-0.05, 0) is 37.8 Å². The summed E-state index contributed by atoms with van der Waals surface area (Å²) in [5, 5.41) is 3.45. The summed E-state index contributed by atoms with van der Waals surface area (Å²) in [6.45, 7) is 7.46. The minimum atomic E-state index is -0.0114.